The quantitative estimate of drug-likeness (QED) is 0.442. The highest BCUT2D eigenvalue weighted by molar-refractivity contribution is 5.88. The summed E-state index contributed by atoms with van der Waals surface area (Å²) < 4.78 is 0. The summed E-state index contributed by atoms with van der Waals surface area (Å²) in [6, 6.07) is 0. The van der Waals surface area contributed by atoms with E-state index in [1.807, 2.05) is 0 Å². The van der Waals surface area contributed by atoms with Crippen molar-refractivity contribution in [1.82, 2.24) is 5.48 Å². The lowest BCUT2D eigenvalue weighted by Crippen LogP contribution is -2.46. The number of carbonyl (C=O) groups is 1. The summed E-state index contributed by atoms with van der Waals surface area (Å²) in [5, 5.41) is 0. The van der Waals surface area contributed by atoms with Gasteiger partial charge in [-0.05, 0) is 0 Å². The molecule has 3 N–H and O–H groups in total. The molecule has 1 aliphatic heterocycles. The Morgan fingerprint density at radius 3 is 2.89 bits per heavy atom. The minimum Gasteiger partial charge on any atom is -0.312 e. The van der Waals surface area contributed by atoms with E-state index < -0.39 is 5.54 Å². The Morgan fingerprint density at radius 2 is 2.67 bits per heavy atom. The van der Waals surface area contributed by atoms with E-state index in [0.29, 0.717) is 0 Å². The van der Waals surface area contributed by atoms with Crippen molar-refractivity contribution >= 4 is 5.91 Å². The molecule has 4 nitrogen and oxygen atoms in total. The average Bonchev–Trinajstić information content (AvgIpc) is 2.15. The second-order valence-electron chi connectivity index (χ2n) is 1.96. The second kappa shape index (κ2) is 1.82. The SMILES string of the molecule is C=C[C@@]1(N)CONC1=O. The third-order valence-corrected chi connectivity index (χ3v) is 1.26. The standard InChI is InChI=1S/C5H8N2O2/c1-2-5(6)3-9-7-4(5)8/h2H,1,3,6H2,(H,7,8)/t5-/m1/s1. The van der Waals surface area contributed by atoms with Crippen molar-refractivity contribution in [3.8, 4) is 0 Å². The minimum atomic E-state index is -1.01. The maximum atomic E-state index is 10.7. The Kier molecular flexibility index (Phi) is 1.27. The smallest absolute Gasteiger partial charge is 0.270 e. The molecule has 0 spiro atoms. The van der Waals surface area contributed by atoms with Gasteiger partial charge in [-0.15, -0.1) is 6.58 Å². The molecule has 9 heavy (non-hydrogen) atoms. The molecule has 1 rings (SSSR count). The fraction of sp³-hybridized carbons (Fsp3) is 0.400. The molecule has 0 aromatic heterocycles. The normalized spacial score (nSPS) is 34.1. The first-order chi connectivity index (χ1) is 4.19. The number of hydrogen-bond donors (Lipinski definition) is 2. The van der Waals surface area contributed by atoms with E-state index >= 15 is 0 Å². The molecule has 1 heterocycles. The van der Waals surface area contributed by atoms with Gasteiger partial charge in [0.2, 0.25) is 0 Å². The van der Waals surface area contributed by atoms with Gasteiger partial charge in [0.15, 0.2) is 0 Å². The molecule has 0 unspecified atom stereocenters. The van der Waals surface area contributed by atoms with E-state index in [2.05, 4.69) is 16.9 Å². The molecule has 1 aliphatic rings. The summed E-state index contributed by atoms with van der Waals surface area (Å²) in [5.74, 6) is -0.336. The molecule has 1 saturated heterocycles. The molecule has 0 bridgehead atoms. The van der Waals surface area contributed by atoms with Crippen LogP contribution in [0.15, 0.2) is 12.7 Å². The molecule has 50 valence electrons. The maximum absolute atomic E-state index is 10.7. The van der Waals surface area contributed by atoms with Gasteiger partial charge in [-0.25, -0.2) is 5.48 Å². The van der Waals surface area contributed by atoms with Crippen molar-refractivity contribution in [3.63, 3.8) is 0 Å². The minimum absolute atomic E-state index is 0.162. The zero-order valence-corrected chi connectivity index (χ0v) is 4.89. The summed E-state index contributed by atoms with van der Waals surface area (Å²) in [6.45, 7) is 3.56. The molecule has 0 saturated carbocycles. The van der Waals surface area contributed by atoms with Gasteiger partial charge >= 0.3 is 0 Å². The fourth-order valence-electron chi connectivity index (χ4n) is 0.533. The Balaban J connectivity index is 2.78. The first-order valence-corrected chi connectivity index (χ1v) is 2.54. The summed E-state index contributed by atoms with van der Waals surface area (Å²) >= 11 is 0. The number of hydrogen-bond acceptors (Lipinski definition) is 3. The number of nitrogens with one attached hydrogen (secondary N) is 1. The number of amides is 1. The van der Waals surface area contributed by atoms with Crippen LogP contribution in [0.2, 0.25) is 0 Å². The van der Waals surface area contributed by atoms with E-state index in [9.17, 15) is 4.79 Å². The third-order valence-electron chi connectivity index (χ3n) is 1.26. The summed E-state index contributed by atoms with van der Waals surface area (Å²) in [6.07, 6.45) is 1.37. The first-order valence-electron chi connectivity index (χ1n) is 2.54. The van der Waals surface area contributed by atoms with Crippen LogP contribution in [-0.2, 0) is 9.63 Å². The van der Waals surface area contributed by atoms with Gasteiger partial charge in [-0.2, -0.15) is 0 Å². The third kappa shape index (κ3) is 0.820. The zero-order chi connectivity index (χ0) is 6.91. The monoisotopic (exact) mass is 128 g/mol. The molecular weight excluding hydrogens is 120 g/mol. The van der Waals surface area contributed by atoms with Crippen molar-refractivity contribution in [3.05, 3.63) is 12.7 Å². The molecule has 0 aromatic carbocycles. The lowest BCUT2D eigenvalue weighted by molar-refractivity contribution is -0.125. The molecular formula is C5H8N2O2. The van der Waals surface area contributed by atoms with Crippen LogP contribution in [0.3, 0.4) is 0 Å². The highest BCUT2D eigenvalue weighted by Gasteiger charge is 2.36. The molecule has 0 aromatic rings. The van der Waals surface area contributed by atoms with Gasteiger partial charge in [-0.3, -0.25) is 9.63 Å². The van der Waals surface area contributed by atoms with Gasteiger partial charge in [0.05, 0.1) is 0 Å². The van der Waals surface area contributed by atoms with Gasteiger partial charge in [-0.1, -0.05) is 6.08 Å². The Bertz CT molecular complexity index is 157. The molecule has 1 atom stereocenters. The van der Waals surface area contributed by atoms with Gasteiger partial charge < -0.3 is 5.73 Å². The Morgan fingerprint density at radius 1 is 2.00 bits per heavy atom. The number of nitrogens with two attached hydrogens (primary N) is 1. The van der Waals surface area contributed by atoms with Gasteiger partial charge in [0, 0.05) is 0 Å². The maximum Gasteiger partial charge on any atom is 0.270 e. The van der Waals surface area contributed by atoms with E-state index in [-0.39, 0.29) is 12.5 Å². The lowest BCUT2D eigenvalue weighted by Gasteiger charge is -2.09. The van der Waals surface area contributed by atoms with Crippen LogP contribution in [0.5, 0.6) is 0 Å². The topological polar surface area (TPSA) is 64.3 Å². The van der Waals surface area contributed by atoms with E-state index in [1.165, 1.54) is 6.08 Å². The van der Waals surface area contributed by atoms with Gasteiger partial charge in [0.25, 0.3) is 5.91 Å². The van der Waals surface area contributed by atoms with Crippen molar-refractivity contribution in [2.24, 2.45) is 5.73 Å². The van der Waals surface area contributed by atoms with Crippen LogP contribution in [0, 0.1) is 0 Å². The molecule has 0 radical (unpaired) electrons. The Labute approximate surface area is 52.6 Å². The van der Waals surface area contributed by atoms with E-state index in [4.69, 9.17) is 5.73 Å². The average molecular weight is 128 g/mol. The van der Waals surface area contributed by atoms with Crippen LogP contribution in [0.1, 0.15) is 0 Å². The highest BCUT2D eigenvalue weighted by atomic mass is 16.7. The van der Waals surface area contributed by atoms with E-state index in [1.54, 1.807) is 0 Å². The predicted molar refractivity (Wildman–Crippen MR) is 31.2 cm³/mol. The first kappa shape index (κ1) is 6.25. The highest BCUT2D eigenvalue weighted by Crippen LogP contribution is 2.07. The van der Waals surface area contributed by atoms with Crippen LogP contribution < -0.4 is 11.2 Å². The molecule has 4 heteroatoms. The zero-order valence-electron chi connectivity index (χ0n) is 4.89. The summed E-state index contributed by atoms with van der Waals surface area (Å²) in [5.41, 5.74) is 6.56. The van der Waals surface area contributed by atoms with Crippen molar-refractivity contribution in [2.45, 2.75) is 5.54 Å². The summed E-state index contributed by atoms with van der Waals surface area (Å²) in [7, 11) is 0. The molecule has 0 aliphatic carbocycles. The predicted octanol–water partition coefficient (Wildman–Crippen LogP) is -1.07. The van der Waals surface area contributed by atoms with E-state index in [0.717, 1.165) is 0 Å². The lowest BCUT2D eigenvalue weighted by atomic mass is 10.0. The van der Waals surface area contributed by atoms with Crippen molar-refractivity contribution in [1.29, 1.82) is 0 Å². The van der Waals surface area contributed by atoms with Crippen molar-refractivity contribution < 1.29 is 9.63 Å². The number of hydroxylamine groups is 1. The number of carbonyl (C=O) groups excluding carboxylic acids is 1. The molecule has 1 fully saturated rings. The number of rotatable bonds is 1. The van der Waals surface area contributed by atoms with Gasteiger partial charge in [0.1, 0.15) is 12.1 Å². The van der Waals surface area contributed by atoms with Crippen LogP contribution in [-0.4, -0.2) is 18.1 Å². The second-order valence-corrected chi connectivity index (χ2v) is 1.96. The van der Waals surface area contributed by atoms with Crippen LogP contribution in [0.25, 0.3) is 0 Å². The largest absolute Gasteiger partial charge is 0.312 e. The van der Waals surface area contributed by atoms with Crippen LogP contribution in [0.4, 0.5) is 0 Å². The molecule has 1 amide bonds. The Hall–Kier alpha value is -0.870. The van der Waals surface area contributed by atoms with Crippen molar-refractivity contribution in [2.75, 3.05) is 6.61 Å². The fourth-order valence-corrected chi connectivity index (χ4v) is 0.533. The van der Waals surface area contributed by atoms with Crippen LogP contribution >= 0.6 is 0 Å². The summed E-state index contributed by atoms with van der Waals surface area (Å²) in [4.78, 5) is 15.3.